The van der Waals surface area contributed by atoms with E-state index in [4.69, 9.17) is 9.84 Å². The van der Waals surface area contributed by atoms with E-state index in [0.29, 0.717) is 31.3 Å². The number of carbonyl (C=O) groups is 2. The Balaban J connectivity index is 2.89. The Hall–Kier alpha value is -1.74. The number of hydrogen-bond donors (Lipinski definition) is 5. The van der Waals surface area contributed by atoms with Gasteiger partial charge in [-0.05, 0) is 82.1 Å². The maximum absolute atomic E-state index is 13.1. The standard InChI is InChI=1S/C34H60O8/c1-22-12-11-14-24(3)33(23(2)13-7-8-15-28(35)16-9-10-17-32(39)40)42-34(41)25(4)18-19-29(36)27(6)31(38)21-30(37)26(5)20-22/h18,20,22-24,27-31,33,35-38H,7-17,19,21H2,1-6H3,(H,39,40)/t22-,23+,24-,27+,28?,29+,30-,31+,33+/m0/s1. The molecule has 0 saturated carbocycles. The van der Waals surface area contributed by atoms with Gasteiger partial charge >= 0.3 is 11.9 Å². The zero-order valence-corrected chi connectivity index (χ0v) is 27.0. The highest BCUT2D eigenvalue weighted by atomic mass is 16.5. The molecule has 0 bridgehead atoms. The van der Waals surface area contributed by atoms with Crippen molar-refractivity contribution in [3.63, 3.8) is 0 Å². The third-order valence-corrected chi connectivity index (χ3v) is 9.05. The molecule has 42 heavy (non-hydrogen) atoms. The number of carboxylic acids is 1. The number of aliphatic hydroxyl groups is 4. The molecule has 0 amide bonds. The molecule has 0 saturated heterocycles. The van der Waals surface area contributed by atoms with E-state index in [0.717, 1.165) is 44.1 Å². The zero-order chi connectivity index (χ0) is 31.8. The molecule has 1 aliphatic rings. The van der Waals surface area contributed by atoms with E-state index in [2.05, 4.69) is 26.8 Å². The van der Waals surface area contributed by atoms with Crippen molar-refractivity contribution in [2.24, 2.45) is 23.7 Å². The molecule has 0 radical (unpaired) electrons. The molecule has 1 heterocycles. The van der Waals surface area contributed by atoms with Crippen molar-refractivity contribution >= 4 is 11.9 Å². The molecule has 8 heteroatoms. The predicted octanol–water partition coefficient (Wildman–Crippen LogP) is 5.95. The number of unbranched alkanes of at least 4 members (excludes halogenated alkanes) is 2. The van der Waals surface area contributed by atoms with E-state index < -0.39 is 36.3 Å². The van der Waals surface area contributed by atoms with E-state index in [1.54, 1.807) is 19.9 Å². The Morgan fingerprint density at radius 1 is 0.976 bits per heavy atom. The van der Waals surface area contributed by atoms with Crippen molar-refractivity contribution in [2.45, 2.75) is 156 Å². The van der Waals surface area contributed by atoms with E-state index in [-0.39, 0.29) is 49.1 Å². The molecular formula is C34H60O8. The smallest absolute Gasteiger partial charge is 0.333 e. The molecule has 0 aromatic heterocycles. The number of ether oxygens (including phenoxy) is 1. The van der Waals surface area contributed by atoms with Gasteiger partial charge in [-0.15, -0.1) is 0 Å². The second-order valence-electron chi connectivity index (χ2n) is 13.1. The van der Waals surface area contributed by atoms with E-state index in [1.807, 2.05) is 6.92 Å². The molecule has 0 aliphatic carbocycles. The van der Waals surface area contributed by atoms with E-state index >= 15 is 0 Å². The maximum atomic E-state index is 13.1. The number of cyclic esters (lactones) is 1. The summed E-state index contributed by atoms with van der Waals surface area (Å²) in [5.74, 6) is -1.13. The van der Waals surface area contributed by atoms with Crippen LogP contribution in [0.5, 0.6) is 0 Å². The third kappa shape index (κ3) is 15.1. The molecule has 8 nitrogen and oxygen atoms in total. The van der Waals surface area contributed by atoms with E-state index in [9.17, 15) is 30.0 Å². The summed E-state index contributed by atoms with van der Waals surface area (Å²) in [5, 5.41) is 50.9. The van der Waals surface area contributed by atoms with Crippen LogP contribution >= 0.6 is 0 Å². The van der Waals surface area contributed by atoms with Crippen molar-refractivity contribution in [3.05, 3.63) is 23.3 Å². The Labute approximate surface area is 254 Å². The van der Waals surface area contributed by atoms with Crippen molar-refractivity contribution in [1.82, 2.24) is 0 Å². The second kappa shape index (κ2) is 20.3. The van der Waals surface area contributed by atoms with Gasteiger partial charge < -0.3 is 30.3 Å². The van der Waals surface area contributed by atoms with Gasteiger partial charge in [-0.3, -0.25) is 4.79 Å². The highest BCUT2D eigenvalue weighted by Gasteiger charge is 2.29. The van der Waals surface area contributed by atoms with Crippen LogP contribution in [0.2, 0.25) is 0 Å². The number of carboxylic acid groups (broad SMARTS) is 1. The van der Waals surface area contributed by atoms with Crippen LogP contribution in [0, 0.1) is 23.7 Å². The van der Waals surface area contributed by atoms with Crippen LogP contribution in [0.15, 0.2) is 23.3 Å². The molecule has 0 spiro atoms. The fraction of sp³-hybridized carbons (Fsp3) is 0.824. The monoisotopic (exact) mass is 596 g/mol. The molecule has 244 valence electrons. The van der Waals surface area contributed by atoms with Crippen molar-refractivity contribution in [1.29, 1.82) is 0 Å². The molecule has 9 atom stereocenters. The van der Waals surface area contributed by atoms with Gasteiger partial charge in [0.05, 0.1) is 24.4 Å². The normalized spacial score (nSPS) is 30.7. The number of esters is 1. The quantitative estimate of drug-likeness (QED) is 0.112. The van der Waals surface area contributed by atoms with Crippen molar-refractivity contribution < 1.29 is 39.9 Å². The fourth-order valence-electron chi connectivity index (χ4n) is 5.87. The van der Waals surface area contributed by atoms with Gasteiger partial charge in [0.1, 0.15) is 6.10 Å². The van der Waals surface area contributed by atoms with Crippen LogP contribution in [0.1, 0.15) is 125 Å². The number of allylic oxidation sites excluding steroid dienone is 1. The number of rotatable bonds is 11. The summed E-state index contributed by atoms with van der Waals surface area (Å²) in [6.07, 6.45) is 9.03. The van der Waals surface area contributed by atoms with Crippen molar-refractivity contribution in [3.8, 4) is 0 Å². The molecule has 5 N–H and O–H groups in total. The number of carbonyl (C=O) groups excluding carboxylic acids is 1. The Kier molecular flexibility index (Phi) is 18.5. The number of aliphatic carboxylic acids is 1. The summed E-state index contributed by atoms with van der Waals surface area (Å²) in [7, 11) is 0. The Morgan fingerprint density at radius 2 is 1.60 bits per heavy atom. The lowest BCUT2D eigenvalue weighted by Gasteiger charge is -2.30. The van der Waals surface area contributed by atoms with Gasteiger partial charge in [-0.1, -0.05) is 65.5 Å². The number of aliphatic hydroxyl groups excluding tert-OH is 4. The Bertz CT molecular complexity index is 852. The van der Waals surface area contributed by atoms with Gasteiger partial charge in [0.15, 0.2) is 0 Å². The molecule has 1 rings (SSSR count). The first kappa shape index (κ1) is 38.3. The van der Waals surface area contributed by atoms with Gasteiger partial charge in [0, 0.05) is 24.3 Å². The van der Waals surface area contributed by atoms with Gasteiger partial charge in [-0.25, -0.2) is 4.79 Å². The number of hydrogen-bond acceptors (Lipinski definition) is 7. The van der Waals surface area contributed by atoms with Crippen LogP contribution in [0.4, 0.5) is 0 Å². The topological polar surface area (TPSA) is 145 Å². The minimum absolute atomic E-state index is 0.130. The molecule has 1 aliphatic heterocycles. The lowest BCUT2D eigenvalue weighted by Crippen LogP contribution is -2.33. The molecule has 0 fully saturated rings. The van der Waals surface area contributed by atoms with Crippen LogP contribution < -0.4 is 0 Å². The largest absolute Gasteiger partial charge is 0.481 e. The summed E-state index contributed by atoms with van der Waals surface area (Å²) in [4.78, 5) is 23.8. The molecule has 0 aromatic rings. The zero-order valence-electron chi connectivity index (χ0n) is 27.0. The van der Waals surface area contributed by atoms with Crippen LogP contribution in [-0.4, -0.2) is 68.0 Å². The molecular weight excluding hydrogens is 536 g/mol. The second-order valence-corrected chi connectivity index (χ2v) is 13.1. The van der Waals surface area contributed by atoms with Crippen LogP contribution in [-0.2, 0) is 14.3 Å². The van der Waals surface area contributed by atoms with E-state index in [1.165, 1.54) is 0 Å². The van der Waals surface area contributed by atoms with Gasteiger partial charge in [0.25, 0.3) is 0 Å². The summed E-state index contributed by atoms with van der Waals surface area (Å²) in [6.45, 7) is 11.7. The lowest BCUT2D eigenvalue weighted by molar-refractivity contribution is -0.150. The average Bonchev–Trinajstić information content (AvgIpc) is 2.93. The first-order valence-corrected chi connectivity index (χ1v) is 16.2. The summed E-state index contributed by atoms with van der Waals surface area (Å²) in [5.41, 5.74) is 1.26. The summed E-state index contributed by atoms with van der Waals surface area (Å²) in [6, 6.07) is 0. The average molecular weight is 597 g/mol. The highest BCUT2D eigenvalue weighted by Crippen LogP contribution is 2.29. The highest BCUT2D eigenvalue weighted by molar-refractivity contribution is 5.87. The molecule has 0 aromatic carbocycles. The summed E-state index contributed by atoms with van der Waals surface area (Å²) >= 11 is 0. The minimum Gasteiger partial charge on any atom is -0.481 e. The van der Waals surface area contributed by atoms with Gasteiger partial charge in [-0.2, -0.15) is 0 Å². The SMILES string of the molecule is CC1=CC[C@@H](O)[C@@H](C)[C@H](O)C[C@H](O)C(C)=C[C@@H](C)CCC[C@H](C)[C@@H]([C@H](C)CCCCC(O)CCCCC(=O)O)OC1=O. The first-order chi connectivity index (χ1) is 19.7. The predicted molar refractivity (Wildman–Crippen MR) is 166 cm³/mol. The Morgan fingerprint density at radius 3 is 2.24 bits per heavy atom. The lowest BCUT2D eigenvalue weighted by atomic mass is 9.85. The summed E-state index contributed by atoms with van der Waals surface area (Å²) < 4.78 is 6.11. The van der Waals surface area contributed by atoms with Gasteiger partial charge in [0.2, 0.25) is 0 Å². The minimum atomic E-state index is -0.877. The fourth-order valence-corrected chi connectivity index (χ4v) is 5.87. The third-order valence-electron chi connectivity index (χ3n) is 9.05. The first-order valence-electron chi connectivity index (χ1n) is 16.2. The maximum Gasteiger partial charge on any atom is 0.333 e. The van der Waals surface area contributed by atoms with Crippen LogP contribution in [0.25, 0.3) is 0 Å². The van der Waals surface area contributed by atoms with Crippen molar-refractivity contribution in [2.75, 3.05) is 0 Å². The van der Waals surface area contributed by atoms with Crippen LogP contribution in [0.3, 0.4) is 0 Å². The molecule has 1 unspecified atom stereocenters.